The molecular weight excluding hydrogens is 166 g/mol. The second-order valence-electron chi connectivity index (χ2n) is 2.43. The molecule has 72 valence electrons. The summed E-state index contributed by atoms with van der Waals surface area (Å²) in [7, 11) is 0. The molecule has 0 aliphatic rings. The largest absolute Gasteiger partial charge is 0.434 e. The highest BCUT2D eigenvalue weighted by atomic mass is 16.5. The SMILES string of the molecule is C=CCN(CC=C)CC(=O)OC=C. The van der Waals surface area contributed by atoms with Gasteiger partial charge in [-0.2, -0.15) is 0 Å². The van der Waals surface area contributed by atoms with Crippen LogP contribution in [0.1, 0.15) is 0 Å². The number of carbonyl (C=O) groups is 1. The fraction of sp³-hybridized carbons (Fsp3) is 0.300. The molecule has 0 spiro atoms. The fourth-order valence-corrected chi connectivity index (χ4v) is 0.882. The first-order valence-corrected chi connectivity index (χ1v) is 3.99. The average molecular weight is 181 g/mol. The quantitative estimate of drug-likeness (QED) is 0.337. The van der Waals surface area contributed by atoms with E-state index >= 15 is 0 Å². The van der Waals surface area contributed by atoms with E-state index in [2.05, 4.69) is 24.5 Å². The Kier molecular flexibility index (Phi) is 6.55. The summed E-state index contributed by atoms with van der Waals surface area (Å²) in [6.07, 6.45) is 4.58. The van der Waals surface area contributed by atoms with Crippen LogP contribution >= 0.6 is 0 Å². The van der Waals surface area contributed by atoms with Gasteiger partial charge in [-0.15, -0.1) is 13.2 Å². The molecule has 0 amide bonds. The first kappa shape index (κ1) is 11.6. The zero-order chi connectivity index (χ0) is 10.1. The summed E-state index contributed by atoms with van der Waals surface area (Å²) in [4.78, 5) is 12.9. The number of esters is 1. The maximum absolute atomic E-state index is 11.0. The van der Waals surface area contributed by atoms with Gasteiger partial charge in [-0.05, 0) is 0 Å². The zero-order valence-corrected chi connectivity index (χ0v) is 7.74. The predicted octanol–water partition coefficient (Wildman–Crippen LogP) is 1.35. The summed E-state index contributed by atoms with van der Waals surface area (Å²) in [6.45, 7) is 12.0. The summed E-state index contributed by atoms with van der Waals surface area (Å²) >= 11 is 0. The van der Waals surface area contributed by atoms with E-state index < -0.39 is 0 Å². The van der Waals surface area contributed by atoms with Crippen LogP contribution in [0.3, 0.4) is 0 Å². The van der Waals surface area contributed by atoms with E-state index in [1.54, 1.807) is 12.2 Å². The number of rotatable bonds is 7. The topological polar surface area (TPSA) is 29.5 Å². The Morgan fingerprint density at radius 3 is 2.15 bits per heavy atom. The van der Waals surface area contributed by atoms with E-state index in [9.17, 15) is 4.79 Å². The molecule has 0 aromatic heterocycles. The highest BCUT2D eigenvalue weighted by Crippen LogP contribution is 1.91. The molecule has 0 N–H and O–H groups in total. The molecule has 0 rings (SSSR count). The molecule has 0 aliphatic carbocycles. The molecule has 0 saturated carbocycles. The Morgan fingerprint density at radius 2 is 1.77 bits per heavy atom. The van der Waals surface area contributed by atoms with Gasteiger partial charge < -0.3 is 4.74 Å². The van der Waals surface area contributed by atoms with E-state index in [1.807, 2.05) is 4.90 Å². The lowest BCUT2D eigenvalue weighted by Gasteiger charge is -2.16. The number of hydrogen-bond donors (Lipinski definition) is 0. The smallest absolute Gasteiger partial charge is 0.324 e. The maximum atomic E-state index is 11.0. The molecule has 0 aromatic rings. The Labute approximate surface area is 79.0 Å². The minimum atomic E-state index is -0.321. The van der Waals surface area contributed by atoms with Crippen LogP contribution in [0.4, 0.5) is 0 Å². The fourth-order valence-electron chi connectivity index (χ4n) is 0.882. The van der Waals surface area contributed by atoms with Crippen molar-refractivity contribution in [3.63, 3.8) is 0 Å². The van der Waals surface area contributed by atoms with Gasteiger partial charge in [-0.1, -0.05) is 18.7 Å². The summed E-state index contributed by atoms with van der Waals surface area (Å²) < 4.78 is 4.58. The van der Waals surface area contributed by atoms with Crippen LogP contribution in [0, 0.1) is 0 Å². The third-order valence-electron chi connectivity index (χ3n) is 1.34. The van der Waals surface area contributed by atoms with E-state index in [0.29, 0.717) is 13.1 Å². The number of ether oxygens (including phenoxy) is 1. The molecule has 0 aromatic carbocycles. The highest BCUT2D eigenvalue weighted by molar-refractivity contribution is 5.72. The van der Waals surface area contributed by atoms with E-state index in [-0.39, 0.29) is 12.5 Å². The molecule has 3 heteroatoms. The molecule has 0 saturated heterocycles. The van der Waals surface area contributed by atoms with E-state index in [1.165, 1.54) is 0 Å². The summed E-state index contributed by atoms with van der Waals surface area (Å²) in [5.41, 5.74) is 0. The minimum Gasteiger partial charge on any atom is -0.434 e. The van der Waals surface area contributed by atoms with Crippen LogP contribution in [0.2, 0.25) is 0 Å². The van der Waals surface area contributed by atoms with Gasteiger partial charge in [0.1, 0.15) is 0 Å². The molecule has 0 aliphatic heterocycles. The zero-order valence-electron chi connectivity index (χ0n) is 7.74. The molecule has 0 fully saturated rings. The molecule has 0 atom stereocenters. The van der Waals surface area contributed by atoms with Gasteiger partial charge in [0.05, 0.1) is 12.8 Å². The van der Waals surface area contributed by atoms with Crippen molar-refractivity contribution in [1.82, 2.24) is 4.90 Å². The second kappa shape index (κ2) is 7.31. The van der Waals surface area contributed by atoms with Crippen LogP contribution in [0.15, 0.2) is 38.2 Å². The van der Waals surface area contributed by atoms with Gasteiger partial charge >= 0.3 is 5.97 Å². The van der Waals surface area contributed by atoms with Crippen LogP contribution in [0.25, 0.3) is 0 Å². The van der Waals surface area contributed by atoms with Crippen LogP contribution in [-0.4, -0.2) is 30.5 Å². The molecule has 13 heavy (non-hydrogen) atoms. The Bertz CT molecular complexity index is 189. The number of hydrogen-bond acceptors (Lipinski definition) is 3. The van der Waals surface area contributed by atoms with Crippen molar-refractivity contribution in [3.8, 4) is 0 Å². The van der Waals surface area contributed by atoms with Crippen molar-refractivity contribution in [2.45, 2.75) is 0 Å². The lowest BCUT2D eigenvalue weighted by Crippen LogP contribution is -2.30. The third kappa shape index (κ3) is 5.87. The van der Waals surface area contributed by atoms with Crippen molar-refractivity contribution in [2.75, 3.05) is 19.6 Å². The van der Waals surface area contributed by atoms with E-state index in [4.69, 9.17) is 0 Å². The second-order valence-corrected chi connectivity index (χ2v) is 2.43. The Morgan fingerprint density at radius 1 is 1.23 bits per heavy atom. The average Bonchev–Trinajstić information content (AvgIpc) is 2.05. The molecule has 0 bridgehead atoms. The van der Waals surface area contributed by atoms with Gasteiger partial charge in [0.2, 0.25) is 0 Å². The minimum absolute atomic E-state index is 0.226. The first-order valence-electron chi connectivity index (χ1n) is 3.99. The molecule has 3 nitrogen and oxygen atoms in total. The Balaban J connectivity index is 3.91. The van der Waals surface area contributed by atoms with Crippen LogP contribution in [0.5, 0.6) is 0 Å². The van der Waals surface area contributed by atoms with Gasteiger partial charge in [-0.25, -0.2) is 0 Å². The number of nitrogens with zero attached hydrogens (tertiary/aromatic N) is 1. The maximum Gasteiger partial charge on any atom is 0.324 e. The van der Waals surface area contributed by atoms with Crippen molar-refractivity contribution < 1.29 is 9.53 Å². The van der Waals surface area contributed by atoms with Gasteiger partial charge in [-0.3, -0.25) is 9.69 Å². The van der Waals surface area contributed by atoms with Gasteiger partial charge in [0.15, 0.2) is 0 Å². The number of carbonyl (C=O) groups excluding carboxylic acids is 1. The van der Waals surface area contributed by atoms with E-state index in [0.717, 1.165) is 6.26 Å². The normalized spacial score (nSPS) is 9.31. The molecule has 0 heterocycles. The predicted molar refractivity (Wildman–Crippen MR) is 53.1 cm³/mol. The van der Waals surface area contributed by atoms with Crippen molar-refractivity contribution in [1.29, 1.82) is 0 Å². The summed E-state index contributed by atoms with van der Waals surface area (Å²) in [5.74, 6) is -0.321. The standard InChI is InChI=1S/C10H15NO2/c1-4-7-11(8-5-2)9-10(12)13-6-3/h4-6H,1-3,7-9H2. The lowest BCUT2D eigenvalue weighted by atomic mass is 10.4. The van der Waals surface area contributed by atoms with Crippen molar-refractivity contribution in [3.05, 3.63) is 38.2 Å². The lowest BCUT2D eigenvalue weighted by molar-refractivity contribution is -0.139. The Hall–Kier alpha value is -1.35. The molecule has 0 unspecified atom stereocenters. The first-order chi connectivity index (χ1) is 6.24. The van der Waals surface area contributed by atoms with Gasteiger partial charge in [0, 0.05) is 13.1 Å². The van der Waals surface area contributed by atoms with Crippen LogP contribution in [-0.2, 0) is 9.53 Å². The van der Waals surface area contributed by atoms with Crippen LogP contribution < -0.4 is 0 Å². The molecular formula is C10H15NO2. The van der Waals surface area contributed by atoms with Crippen molar-refractivity contribution >= 4 is 5.97 Å². The molecule has 0 radical (unpaired) electrons. The summed E-state index contributed by atoms with van der Waals surface area (Å²) in [6, 6.07) is 0. The van der Waals surface area contributed by atoms with Gasteiger partial charge in [0.25, 0.3) is 0 Å². The summed E-state index contributed by atoms with van der Waals surface area (Å²) in [5, 5.41) is 0. The van der Waals surface area contributed by atoms with Crippen molar-refractivity contribution in [2.24, 2.45) is 0 Å². The highest BCUT2D eigenvalue weighted by Gasteiger charge is 2.07. The monoisotopic (exact) mass is 181 g/mol. The third-order valence-corrected chi connectivity index (χ3v) is 1.34.